The van der Waals surface area contributed by atoms with E-state index in [1.54, 1.807) is 23.0 Å². The van der Waals surface area contributed by atoms with Gasteiger partial charge in [0.1, 0.15) is 0 Å². The molecular weight excluding hydrogens is 360 g/mol. The number of fused-ring (bicyclic) bond motifs is 1. The molecule has 0 fully saturated rings. The molecule has 0 spiro atoms. The van der Waals surface area contributed by atoms with E-state index in [9.17, 15) is 4.79 Å². The number of aryl methyl sites for hydroxylation is 2. The highest BCUT2D eigenvalue weighted by atomic mass is 79.9. The minimum Gasteiger partial charge on any atom is -0.344 e. The first-order chi connectivity index (χ1) is 11.0. The van der Waals surface area contributed by atoms with Crippen LogP contribution >= 0.6 is 15.9 Å². The summed E-state index contributed by atoms with van der Waals surface area (Å²) < 4.78 is 4.24. The monoisotopic (exact) mass is 376 g/mol. The van der Waals surface area contributed by atoms with Gasteiger partial charge in [-0.3, -0.25) is 9.48 Å². The van der Waals surface area contributed by atoms with Gasteiger partial charge in [-0.1, -0.05) is 0 Å². The smallest absolute Gasteiger partial charge is 0.272 e. The Balaban J connectivity index is 1.80. The van der Waals surface area contributed by atoms with Crippen LogP contribution in [-0.2, 0) is 6.54 Å². The van der Waals surface area contributed by atoms with Crippen molar-refractivity contribution in [1.29, 1.82) is 0 Å². The molecule has 0 unspecified atom stereocenters. The molecule has 1 atom stereocenters. The van der Waals surface area contributed by atoms with Crippen LogP contribution in [0.4, 0.5) is 0 Å². The summed E-state index contributed by atoms with van der Waals surface area (Å²) in [5.41, 5.74) is 2.88. The second kappa shape index (κ2) is 6.11. The Morgan fingerprint density at radius 2 is 2.17 bits per heavy atom. The van der Waals surface area contributed by atoms with Crippen LogP contribution in [0.2, 0.25) is 0 Å². The summed E-state index contributed by atoms with van der Waals surface area (Å²) in [6.45, 7) is 6.71. The van der Waals surface area contributed by atoms with Crippen LogP contribution in [0.1, 0.15) is 41.6 Å². The van der Waals surface area contributed by atoms with Gasteiger partial charge in [-0.2, -0.15) is 10.2 Å². The third-order valence-electron chi connectivity index (χ3n) is 3.64. The zero-order valence-electron chi connectivity index (χ0n) is 13.1. The molecule has 120 valence electrons. The maximum absolute atomic E-state index is 12.4. The van der Waals surface area contributed by atoms with Gasteiger partial charge in [0.25, 0.3) is 5.91 Å². The quantitative estimate of drug-likeness (QED) is 0.758. The van der Waals surface area contributed by atoms with Crippen molar-refractivity contribution in [1.82, 2.24) is 29.7 Å². The highest BCUT2D eigenvalue weighted by molar-refractivity contribution is 9.10. The van der Waals surface area contributed by atoms with Crippen molar-refractivity contribution in [3.8, 4) is 0 Å². The highest BCUT2D eigenvalue weighted by Crippen LogP contribution is 2.17. The molecule has 0 saturated heterocycles. The van der Waals surface area contributed by atoms with Gasteiger partial charge >= 0.3 is 0 Å². The second-order valence-corrected chi connectivity index (χ2v) is 6.24. The van der Waals surface area contributed by atoms with Crippen molar-refractivity contribution in [2.45, 2.75) is 33.4 Å². The Bertz CT molecular complexity index is 868. The summed E-state index contributed by atoms with van der Waals surface area (Å²) in [5.74, 6) is -0.234. The molecule has 3 rings (SSSR count). The van der Waals surface area contributed by atoms with Crippen LogP contribution < -0.4 is 5.32 Å². The van der Waals surface area contributed by atoms with E-state index in [-0.39, 0.29) is 11.9 Å². The first-order valence-electron chi connectivity index (χ1n) is 7.33. The summed E-state index contributed by atoms with van der Waals surface area (Å²) in [5, 5.41) is 11.6. The summed E-state index contributed by atoms with van der Waals surface area (Å²) >= 11 is 3.33. The minimum atomic E-state index is -0.234. The molecule has 0 aromatic carbocycles. The van der Waals surface area contributed by atoms with Crippen molar-refractivity contribution < 1.29 is 4.79 Å². The average Bonchev–Trinajstić information content (AvgIpc) is 3.09. The van der Waals surface area contributed by atoms with E-state index in [1.165, 1.54) is 0 Å². The van der Waals surface area contributed by atoms with Gasteiger partial charge in [0.2, 0.25) is 0 Å². The van der Waals surface area contributed by atoms with Crippen molar-refractivity contribution >= 4 is 27.5 Å². The maximum atomic E-state index is 12.4. The van der Waals surface area contributed by atoms with Crippen LogP contribution in [0.25, 0.3) is 5.65 Å². The van der Waals surface area contributed by atoms with Crippen LogP contribution in [0.5, 0.6) is 0 Å². The number of hydrogen-bond acceptors (Lipinski definition) is 4. The molecule has 0 aliphatic heterocycles. The topological polar surface area (TPSA) is 77.1 Å². The predicted octanol–water partition coefficient (Wildman–Crippen LogP) is 2.51. The number of hydrogen-bond donors (Lipinski definition) is 1. The second-order valence-electron chi connectivity index (χ2n) is 5.33. The standard InChI is InChI=1S/C15H17BrN6O/c1-4-21-8-12(10(3)19-21)9(2)18-15(23)13-5-14-17-6-11(16)7-22(14)20-13/h5-9H,4H2,1-3H3,(H,18,23)/t9-/m0/s1. The minimum absolute atomic E-state index is 0.146. The number of amides is 1. The molecule has 3 heterocycles. The first kappa shape index (κ1) is 15.7. The normalized spacial score (nSPS) is 12.5. The lowest BCUT2D eigenvalue weighted by atomic mass is 10.1. The van der Waals surface area contributed by atoms with E-state index >= 15 is 0 Å². The third-order valence-corrected chi connectivity index (χ3v) is 4.05. The molecular formula is C15H17BrN6O. The van der Waals surface area contributed by atoms with E-state index in [0.29, 0.717) is 11.3 Å². The van der Waals surface area contributed by atoms with Gasteiger partial charge in [0, 0.05) is 36.8 Å². The number of rotatable bonds is 4. The summed E-state index contributed by atoms with van der Waals surface area (Å²) in [6, 6.07) is 1.52. The molecule has 0 saturated carbocycles. The molecule has 8 heteroatoms. The van der Waals surface area contributed by atoms with E-state index in [1.807, 2.05) is 31.6 Å². The van der Waals surface area contributed by atoms with E-state index in [4.69, 9.17) is 0 Å². The Kier molecular flexibility index (Phi) is 4.16. The first-order valence-corrected chi connectivity index (χ1v) is 8.13. The molecule has 0 radical (unpaired) electrons. The lowest BCUT2D eigenvalue weighted by Gasteiger charge is -2.11. The molecule has 7 nitrogen and oxygen atoms in total. The van der Waals surface area contributed by atoms with Gasteiger partial charge in [0.05, 0.1) is 16.2 Å². The fourth-order valence-electron chi connectivity index (χ4n) is 2.43. The van der Waals surface area contributed by atoms with Gasteiger partial charge in [-0.15, -0.1) is 0 Å². The Labute approximate surface area is 141 Å². The molecule has 0 aliphatic carbocycles. The summed E-state index contributed by atoms with van der Waals surface area (Å²) in [7, 11) is 0. The summed E-state index contributed by atoms with van der Waals surface area (Å²) in [4.78, 5) is 16.6. The lowest BCUT2D eigenvalue weighted by Crippen LogP contribution is -2.27. The van der Waals surface area contributed by atoms with Crippen molar-refractivity contribution in [3.63, 3.8) is 0 Å². The van der Waals surface area contributed by atoms with Crippen LogP contribution in [0.3, 0.4) is 0 Å². The van der Waals surface area contributed by atoms with Crippen LogP contribution in [-0.4, -0.2) is 30.3 Å². The Morgan fingerprint density at radius 3 is 2.87 bits per heavy atom. The van der Waals surface area contributed by atoms with E-state index in [0.717, 1.165) is 22.3 Å². The highest BCUT2D eigenvalue weighted by Gasteiger charge is 2.18. The van der Waals surface area contributed by atoms with Crippen molar-refractivity contribution in [3.05, 3.63) is 46.1 Å². The maximum Gasteiger partial charge on any atom is 0.272 e. The molecule has 1 amide bonds. The van der Waals surface area contributed by atoms with Gasteiger partial charge in [-0.05, 0) is 36.7 Å². The third kappa shape index (κ3) is 3.12. The number of carbonyl (C=O) groups is 1. The fourth-order valence-corrected chi connectivity index (χ4v) is 2.73. The lowest BCUT2D eigenvalue weighted by molar-refractivity contribution is 0.0934. The summed E-state index contributed by atoms with van der Waals surface area (Å²) in [6.07, 6.45) is 5.39. The molecule has 23 heavy (non-hydrogen) atoms. The molecule has 3 aromatic rings. The molecule has 1 N–H and O–H groups in total. The number of aromatic nitrogens is 5. The predicted molar refractivity (Wildman–Crippen MR) is 89.2 cm³/mol. The molecule has 0 bridgehead atoms. The SMILES string of the molecule is CCn1cc([C@H](C)NC(=O)c2cc3ncc(Br)cn3n2)c(C)n1. The van der Waals surface area contributed by atoms with Crippen LogP contribution in [0, 0.1) is 6.92 Å². The number of carbonyl (C=O) groups excluding carboxylic acids is 1. The Morgan fingerprint density at radius 1 is 1.39 bits per heavy atom. The van der Waals surface area contributed by atoms with Gasteiger partial charge in [0.15, 0.2) is 11.3 Å². The fraction of sp³-hybridized carbons (Fsp3) is 0.333. The number of nitrogens with one attached hydrogen (secondary N) is 1. The molecule has 0 aliphatic rings. The van der Waals surface area contributed by atoms with Crippen molar-refractivity contribution in [2.75, 3.05) is 0 Å². The van der Waals surface area contributed by atoms with Gasteiger partial charge < -0.3 is 5.32 Å². The Hall–Kier alpha value is -2.22. The zero-order valence-corrected chi connectivity index (χ0v) is 14.7. The van der Waals surface area contributed by atoms with E-state index < -0.39 is 0 Å². The molecule has 3 aromatic heterocycles. The average molecular weight is 377 g/mol. The van der Waals surface area contributed by atoms with Crippen molar-refractivity contribution in [2.24, 2.45) is 0 Å². The number of halogens is 1. The van der Waals surface area contributed by atoms with Gasteiger partial charge in [-0.25, -0.2) is 9.50 Å². The number of nitrogens with zero attached hydrogens (tertiary/aromatic N) is 5. The largest absolute Gasteiger partial charge is 0.344 e. The van der Waals surface area contributed by atoms with E-state index in [2.05, 4.69) is 36.4 Å². The van der Waals surface area contributed by atoms with Crippen LogP contribution in [0.15, 0.2) is 29.1 Å². The zero-order chi connectivity index (χ0) is 16.6.